The summed E-state index contributed by atoms with van der Waals surface area (Å²) in [5.74, 6) is 0. The Morgan fingerprint density at radius 3 is 2.87 bits per heavy atom. The number of nitriles is 1. The van der Waals surface area contributed by atoms with E-state index < -0.39 is 0 Å². The summed E-state index contributed by atoms with van der Waals surface area (Å²) >= 11 is 5.90. The van der Waals surface area contributed by atoms with Crippen LogP contribution in [-0.4, -0.2) is 13.1 Å². The summed E-state index contributed by atoms with van der Waals surface area (Å²) < 4.78 is 0. The Labute approximate surface area is 95.1 Å². The normalized spacial score (nSPS) is 9.67. The van der Waals surface area contributed by atoms with Gasteiger partial charge in [0.25, 0.3) is 0 Å². The van der Waals surface area contributed by atoms with Crippen molar-refractivity contribution in [2.45, 2.75) is 13.3 Å². The van der Waals surface area contributed by atoms with E-state index in [-0.39, 0.29) is 0 Å². The maximum atomic E-state index is 8.55. The zero-order valence-corrected chi connectivity index (χ0v) is 9.46. The van der Waals surface area contributed by atoms with E-state index in [1.54, 1.807) is 12.1 Å². The van der Waals surface area contributed by atoms with Crippen molar-refractivity contribution in [1.82, 2.24) is 0 Å². The number of rotatable bonds is 4. The van der Waals surface area contributed by atoms with E-state index >= 15 is 0 Å². The van der Waals surface area contributed by atoms with Crippen LogP contribution in [-0.2, 0) is 0 Å². The van der Waals surface area contributed by atoms with Crippen LogP contribution in [0.15, 0.2) is 18.2 Å². The highest BCUT2D eigenvalue weighted by atomic mass is 35.5. The minimum absolute atomic E-state index is 0.486. The third-order valence-electron chi connectivity index (χ3n) is 2.21. The molecule has 0 saturated heterocycles. The average molecular weight is 224 g/mol. The van der Waals surface area contributed by atoms with Gasteiger partial charge in [0.2, 0.25) is 0 Å². The van der Waals surface area contributed by atoms with Crippen LogP contribution < -0.4 is 10.6 Å². The predicted molar refractivity (Wildman–Crippen MR) is 64.0 cm³/mol. The molecule has 1 aromatic carbocycles. The fourth-order valence-electron chi connectivity index (χ4n) is 1.42. The molecule has 2 N–H and O–H groups in total. The van der Waals surface area contributed by atoms with E-state index in [1.165, 1.54) is 0 Å². The van der Waals surface area contributed by atoms with E-state index in [4.69, 9.17) is 22.6 Å². The maximum absolute atomic E-state index is 8.55. The van der Waals surface area contributed by atoms with Gasteiger partial charge in [0.05, 0.1) is 23.9 Å². The van der Waals surface area contributed by atoms with E-state index in [1.807, 2.05) is 17.9 Å². The minimum Gasteiger partial charge on any atom is -0.397 e. The number of benzene rings is 1. The van der Waals surface area contributed by atoms with E-state index in [0.717, 1.165) is 12.2 Å². The molecule has 3 nitrogen and oxygen atoms in total. The number of hydrogen-bond donors (Lipinski definition) is 1. The zero-order valence-electron chi connectivity index (χ0n) is 8.70. The highest BCUT2D eigenvalue weighted by Gasteiger charge is 2.07. The number of anilines is 2. The largest absolute Gasteiger partial charge is 0.397 e. The Bertz CT molecular complexity index is 371. The molecule has 80 valence electrons. The Balaban J connectivity index is 2.91. The van der Waals surface area contributed by atoms with Crippen LogP contribution in [0, 0.1) is 11.3 Å². The smallest absolute Gasteiger partial charge is 0.0640 e. The molecule has 0 saturated carbocycles. The molecule has 15 heavy (non-hydrogen) atoms. The van der Waals surface area contributed by atoms with Crippen molar-refractivity contribution in [1.29, 1.82) is 5.26 Å². The second-order valence-corrected chi connectivity index (χ2v) is 3.63. The summed E-state index contributed by atoms with van der Waals surface area (Å²) in [4.78, 5) is 2.05. The van der Waals surface area contributed by atoms with Gasteiger partial charge in [-0.2, -0.15) is 5.26 Å². The molecule has 0 bridgehead atoms. The molecule has 0 spiro atoms. The lowest BCUT2D eigenvalue weighted by Crippen LogP contribution is -2.24. The molecule has 0 radical (unpaired) electrons. The van der Waals surface area contributed by atoms with Crippen molar-refractivity contribution >= 4 is 23.0 Å². The van der Waals surface area contributed by atoms with Gasteiger partial charge in [-0.15, -0.1) is 0 Å². The molecule has 1 aromatic rings. The summed E-state index contributed by atoms with van der Waals surface area (Å²) in [6, 6.07) is 7.50. The first-order chi connectivity index (χ1) is 7.19. The lowest BCUT2D eigenvalue weighted by atomic mass is 10.2. The third kappa shape index (κ3) is 3.03. The molecular formula is C11H14ClN3. The molecule has 4 heteroatoms. The standard InChI is InChI=1S/C11H14ClN3/c1-2-15(7-3-6-13)11-8-9(12)4-5-10(11)14/h4-5,8H,2-3,7,14H2,1H3. The molecule has 1 rings (SSSR count). The number of nitrogens with two attached hydrogens (primary N) is 1. The van der Waals surface area contributed by atoms with Crippen LogP contribution in [0.4, 0.5) is 11.4 Å². The number of hydrogen-bond acceptors (Lipinski definition) is 3. The summed E-state index contributed by atoms with van der Waals surface area (Å²) in [5, 5.41) is 9.21. The van der Waals surface area contributed by atoms with E-state index in [9.17, 15) is 0 Å². The zero-order chi connectivity index (χ0) is 11.3. The van der Waals surface area contributed by atoms with E-state index in [0.29, 0.717) is 23.7 Å². The minimum atomic E-state index is 0.486. The second kappa shape index (κ2) is 5.47. The third-order valence-corrected chi connectivity index (χ3v) is 2.44. The Morgan fingerprint density at radius 1 is 1.53 bits per heavy atom. The maximum Gasteiger partial charge on any atom is 0.0640 e. The summed E-state index contributed by atoms with van der Waals surface area (Å²) in [6.45, 7) is 3.52. The quantitative estimate of drug-likeness (QED) is 0.799. The van der Waals surface area contributed by atoms with Crippen molar-refractivity contribution in [3.05, 3.63) is 23.2 Å². The molecule has 0 aliphatic heterocycles. The first kappa shape index (κ1) is 11.7. The molecule has 0 aromatic heterocycles. The van der Waals surface area contributed by atoms with E-state index in [2.05, 4.69) is 6.07 Å². The molecule has 0 unspecified atom stereocenters. The lowest BCUT2D eigenvalue weighted by Gasteiger charge is -2.23. The molecular weight excluding hydrogens is 210 g/mol. The van der Waals surface area contributed by atoms with Gasteiger partial charge >= 0.3 is 0 Å². The first-order valence-electron chi connectivity index (χ1n) is 4.86. The summed E-state index contributed by atoms with van der Waals surface area (Å²) in [7, 11) is 0. The van der Waals surface area contributed by atoms with Crippen molar-refractivity contribution in [3.8, 4) is 6.07 Å². The van der Waals surface area contributed by atoms with Crippen molar-refractivity contribution in [3.63, 3.8) is 0 Å². The van der Waals surface area contributed by atoms with Gasteiger partial charge in [-0.3, -0.25) is 0 Å². The van der Waals surface area contributed by atoms with Crippen LogP contribution in [0.1, 0.15) is 13.3 Å². The van der Waals surface area contributed by atoms with Crippen LogP contribution >= 0.6 is 11.6 Å². The molecule has 0 atom stereocenters. The fraction of sp³-hybridized carbons (Fsp3) is 0.364. The molecule has 0 amide bonds. The van der Waals surface area contributed by atoms with Gasteiger partial charge in [0.15, 0.2) is 0 Å². The summed E-state index contributed by atoms with van der Waals surface area (Å²) in [5.41, 5.74) is 7.45. The number of halogens is 1. The van der Waals surface area contributed by atoms with Crippen LogP contribution in [0.2, 0.25) is 5.02 Å². The monoisotopic (exact) mass is 223 g/mol. The number of nitrogens with zero attached hydrogens (tertiary/aromatic N) is 2. The van der Waals surface area contributed by atoms with Crippen LogP contribution in [0.25, 0.3) is 0 Å². The van der Waals surface area contributed by atoms with Gasteiger partial charge < -0.3 is 10.6 Å². The van der Waals surface area contributed by atoms with Gasteiger partial charge in [0.1, 0.15) is 0 Å². The van der Waals surface area contributed by atoms with Gasteiger partial charge in [-0.25, -0.2) is 0 Å². The SMILES string of the molecule is CCN(CCC#N)c1cc(Cl)ccc1N. The lowest BCUT2D eigenvalue weighted by molar-refractivity contribution is 0.828. The highest BCUT2D eigenvalue weighted by molar-refractivity contribution is 6.31. The molecule has 0 fully saturated rings. The second-order valence-electron chi connectivity index (χ2n) is 3.19. The highest BCUT2D eigenvalue weighted by Crippen LogP contribution is 2.26. The topological polar surface area (TPSA) is 53.0 Å². The molecule has 0 aliphatic carbocycles. The predicted octanol–water partition coefficient (Wildman–Crippen LogP) is 2.66. The summed E-state index contributed by atoms with van der Waals surface area (Å²) in [6.07, 6.45) is 0.486. The Morgan fingerprint density at radius 2 is 2.27 bits per heavy atom. The van der Waals surface area contributed by atoms with Crippen LogP contribution in [0.5, 0.6) is 0 Å². The first-order valence-corrected chi connectivity index (χ1v) is 5.23. The average Bonchev–Trinajstić information content (AvgIpc) is 2.24. The van der Waals surface area contributed by atoms with Gasteiger partial charge in [-0.05, 0) is 25.1 Å². The van der Waals surface area contributed by atoms with Crippen molar-refractivity contribution in [2.75, 3.05) is 23.7 Å². The molecule has 0 heterocycles. The number of nitrogen functional groups attached to an aromatic ring is 1. The Kier molecular flexibility index (Phi) is 4.26. The van der Waals surface area contributed by atoms with Gasteiger partial charge in [0, 0.05) is 18.1 Å². The Hall–Kier alpha value is -1.40. The van der Waals surface area contributed by atoms with Crippen molar-refractivity contribution < 1.29 is 0 Å². The van der Waals surface area contributed by atoms with Crippen LogP contribution in [0.3, 0.4) is 0 Å². The van der Waals surface area contributed by atoms with Crippen molar-refractivity contribution in [2.24, 2.45) is 0 Å². The molecule has 0 aliphatic rings. The fourth-order valence-corrected chi connectivity index (χ4v) is 1.59. The van der Waals surface area contributed by atoms with Gasteiger partial charge in [-0.1, -0.05) is 11.6 Å².